The molecule has 5 heteroatoms. The van der Waals surface area contributed by atoms with Crippen molar-refractivity contribution in [2.24, 2.45) is 5.92 Å². The Morgan fingerprint density at radius 1 is 1.17 bits per heavy atom. The van der Waals surface area contributed by atoms with Gasteiger partial charge in [-0.25, -0.2) is 4.98 Å². The lowest BCUT2D eigenvalue weighted by atomic mass is 9.96. The van der Waals surface area contributed by atoms with Gasteiger partial charge in [-0.05, 0) is 51.6 Å². The van der Waals surface area contributed by atoms with Crippen molar-refractivity contribution >= 4 is 17.2 Å². The van der Waals surface area contributed by atoms with E-state index in [2.05, 4.69) is 15.6 Å². The predicted molar refractivity (Wildman–Crippen MR) is 92.5 cm³/mol. The van der Waals surface area contributed by atoms with Gasteiger partial charge in [-0.15, -0.1) is 11.3 Å². The molecule has 0 unspecified atom stereocenters. The molecule has 2 saturated carbocycles. The lowest BCUT2D eigenvalue weighted by molar-refractivity contribution is -0.126. The molecule has 0 atom stereocenters. The average molecular weight is 334 g/mol. The molecule has 1 aromatic rings. The van der Waals surface area contributed by atoms with Gasteiger partial charge in [0.1, 0.15) is 0 Å². The fourth-order valence-electron chi connectivity index (χ4n) is 3.88. The number of piperidine rings is 1. The highest BCUT2D eigenvalue weighted by Gasteiger charge is 2.30. The van der Waals surface area contributed by atoms with E-state index in [0.717, 1.165) is 38.4 Å². The topological polar surface area (TPSA) is 45.2 Å². The summed E-state index contributed by atoms with van der Waals surface area (Å²) in [4.78, 5) is 19.5. The van der Waals surface area contributed by atoms with Crippen LogP contribution >= 0.6 is 11.3 Å². The maximum Gasteiger partial charge on any atom is 0.223 e. The first kappa shape index (κ1) is 15.6. The van der Waals surface area contributed by atoms with Gasteiger partial charge in [0.15, 0.2) is 0 Å². The summed E-state index contributed by atoms with van der Waals surface area (Å²) in [5.41, 5.74) is 1.23. The van der Waals surface area contributed by atoms with Crippen LogP contribution in [0.5, 0.6) is 0 Å². The van der Waals surface area contributed by atoms with Crippen molar-refractivity contribution in [2.45, 2.75) is 69.9 Å². The fraction of sp³-hybridized carbons (Fsp3) is 0.778. The third-order valence-corrected chi connectivity index (χ3v) is 6.60. The summed E-state index contributed by atoms with van der Waals surface area (Å²) in [5, 5.41) is 6.76. The van der Waals surface area contributed by atoms with Crippen LogP contribution in [-0.4, -0.2) is 34.9 Å². The molecule has 3 fully saturated rings. The van der Waals surface area contributed by atoms with Crippen LogP contribution < -0.4 is 5.32 Å². The monoisotopic (exact) mass is 333 g/mol. The van der Waals surface area contributed by atoms with Crippen molar-refractivity contribution in [3.8, 4) is 0 Å². The molecule has 1 aromatic heterocycles. The van der Waals surface area contributed by atoms with Gasteiger partial charge in [-0.2, -0.15) is 0 Å². The van der Waals surface area contributed by atoms with Crippen LogP contribution in [0.4, 0.5) is 0 Å². The van der Waals surface area contributed by atoms with Gasteiger partial charge in [0.2, 0.25) is 5.91 Å². The Bertz CT molecular complexity index is 540. The second-order valence-electron chi connectivity index (χ2n) is 7.49. The number of likely N-dealkylation sites (tertiary alicyclic amines) is 1. The minimum atomic E-state index is 0.233. The Labute approximate surface area is 142 Å². The molecule has 1 N–H and O–H groups in total. The zero-order valence-corrected chi connectivity index (χ0v) is 14.6. The van der Waals surface area contributed by atoms with Crippen molar-refractivity contribution in [1.82, 2.24) is 15.2 Å². The van der Waals surface area contributed by atoms with E-state index in [0.29, 0.717) is 11.9 Å². The van der Waals surface area contributed by atoms with E-state index in [4.69, 9.17) is 4.98 Å². The molecule has 2 aliphatic carbocycles. The molecule has 0 bridgehead atoms. The Morgan fingerprint density at radius 2 is 1.91 bits per heavy atom. The number of hydrogen-bond acceptors (Lipinski definition) is 4. The molecule has 1 aliphatic heterocycles. The summed E-state index contributed by atoms with van der Waals surface area (Å²) >= 11 is 1.85. The number of hydrogen-bond donors (Lipinski definition) is 1. The Balaban J connectivity index is 1.25. The van der Waals surface area contributed by atoms with Crippen molar-refractivity contribution in [3.63, 3.8) is 0 Å². The van der Waals surface area contributed by atoms with Crippen molar-refractivity contribution < 1.29 is 4.79 Å². The SMILES string of the molecule is O=C(NC1CC1)C1CCN(Cc2csc(C3CCCC3)n2)CC1. The van der Waals surface area contributed by atoms with Crippen LogP contribution in [0.25, 0.3) is 0 Å². The molecular weight excluding hydrogens is 306 g/mol. The molecule has 3 aliphatic rings. The Kier molecular flexibility index (Phi) is 4.67. The van der Waals surface area contributed by atoms with Gasteiger partial charge in [0.05, 0.1) is 10.7 Å². The molecule has 0 aromatic carbocycles. The normalized spacial score (nSPS) is 24.2. The highest BCUT2D eigenvalue weighted by atomic mass is 32.1. The van der Waals surface area contributed by atoms with Crippen molar-refractivity contribution in [2.75, 3.05) is 13.1 Å². The Morgan fingerprint density at radius 3 is 2.61 bits per heavy atom. The summed E-state index contributed by atoms with van der Waals surface area (Å²) in [6.45, 7) is 3.01. The molecule has 23 heavy (non-hydrogen) atoms. The maximum atomic E-state index is 12.1. The smallest absolute Gasteiger partial charge is 0.223 e. The molecule has 4 nitrogen and oxygen atoms in total. The minimum Gasteiger partial charge on any atom is -0.353 e. The quantitative estimate of drug-likeness (QED) is 0.899. The highest BCUT2D eigenvalue weighted by molar-refractivity contribution is 7.09. The number of nitrogens with zero attached hydrogens (tertiary/aromatic N) is 2. The van der Waals surface area contributed by atoms with Crippen LogP contribution in [0.1, 0.15) is 68.0 Å². The number of amides is 1. The number of rotatable bonds is 5. The molecule has 1 amide bonds. The molecule has 1 saturated heterocycles. The number of aromatic nitrogens is 1. The fourth-order valence-corrected chi connectivity index (χ4v) is 4.87. The predicted octanol–water partition coefficient (Wildman–Crippen LogP) is 3.29. The molecular formula is C18H27N3OS. The summed E-state index contributed by atoms with van der Waals surface area (Å²) in [6.07, 6.45) is 9.75. The standard InChI is InChI=1S/C18H27N3OS/c22-17(19-15-5-6-15)13-7-9-21(10-8-13)11-16-12-23-18(20-16)14-3-1-2-4-14/h12-15H,1-11H2,(H,19,22). The van der Waals surface area contributed by atoms with Crippen LogP contribution in [-0.2, 0) is 11.3 Å². The van der Waals surface area contributed by atoms with Gasteiger partial charge in [0, 0.05) is 29.8 Å². The van der Waals surface area contributed by atoms with Gasteiger partial charge in [0.25, 0.3) is 0 Å². The average Bonchev–Trinajstić information content (AvgIpc) is 3.04. The molecule has 0 spiro atoms. The number of carbonyl (C=O) groups excluding carboxylic acids is 1. The second kappa shape index (κ2) is 6.89. The zero-order valence-electron chi connectivity index (χ0n) is 13.8. The maximum absolute atomic E-state index is 12.1. The highest BCUT2D eigenvalue weighted by Crippen LogP contribution is 2.35. The van der Waals surface area contributed by atoms with Gasteiger partial charge < -0.3 is 5.32 Å². The van der Waals surface area contributed by atoms with E-state index >= 15 is 0 Å². The summed E-state index contributed by atoms with van der Waals surface area (Å²) < 4.78 is 0. The van der Waals surface area contributed by atoms with Crippen LogP contribution in [0.15, 0.2) is 5.38 Å². The largest absolute Gasteiger partial charge is 0.353 e. The Hall–Kier alpha value is -0.940. The van der Waals surface area contributed by atoms with E-state index in [1.54, 1.807) is 0 Å². The zero-order chi connectivity index (χ0) is 15.6. The third kappa shape index (κ3) is 3.94. The van der Waals surface area contributed by atoms with Crippen LogP contribution in [0.2, 0.25) is 0 Å². The lowest BCUT2D eigenvalue weighted by Crippen LogP contribution is -2.40. The number of nitrogens with one attached hydrogen (secondary N) is 1. The number of thiazole rings is 1. The van der Waals surface area contributed by atoms with E-state index < -0.39 is 0 Å². The van der Waals surface area contributed by atoms with Gasteiger partial charge >= 0.3 is 0 Å². The molecule has 4 rings (SSSR count). The van der Waals surface area contributed by atoms with E-state index in [1.165, 1.54) is 49.2 Å². The second-order valence-corrected chi connectivity index (χ2v) is 8.38. The molecule has 126 valence electrons. The first-order valence-electron chi connectivity index (χ1n) is 9.25. The van der Waals surface area contributed by atoms with Crippen LogP contribution in [0, 0.1) is 5.92 Å². The third-order valence-electron chi connectivity index (χ3n) is 5.54. The first-order valence-corrected chi connectivity index (χ1v) is 10.1. The van der Waals surface area contributed by atoms with Gasteiger partial charge in [-0.3, -0.25) is 9.69 Å². The van der Waals surface area contributed by atoms with E-state index in [1.807, 2.05) is 11.3 Å². The van der Waals surface area contributed by atoms with Crippen molar-refractivity contribution in [3.05, 3.63) is 16.1 Å². The molecule has 2 heterocycles. The summed E-state index contributed by atoms with van der Waals surface area (Å²) in [5.74, 6) is 1.26. The minimum absolute atomic E-state index is 0.233. The van der Waals surface area contributed by atoms with Crippen LogP contribution in [0.3, 0.4) is 0 Å². The first-order chi connectivity index (χ1) is 11.3. The lowest BCUT2D eigenvalue weighted by Gasteiger charge is -2.30. The summed E-state index contributed by atoms with van der Waals surface area (Å²) in [6, 6.07) is 0.490. The van der Waals surface area contributed by atoms with E-state index in [-0.39, 0.29) is 5.92 Å². The molecule has 0 radical (unpaired) electrons. The van der Waals surface area contributed by atoms with Gasteiger partial charge in [-0.1, -0.05) is 12.8 Å². The van der Waals surface area contributed by atoms with E-state index in [9.17, 15) is 4.79 Å². The number of carbonyl (C=O) groups is 1. The van der Waals surface area contributed by atoms with Crippen molar-refractivity contribution in [1.29, 1.82) is 0 Å². The summed E-state index contributed by atoms with van der Waals surface area (Å²) in [7, 11) is 0.